The number of nitrogens with zero attached hydrogens (tertiary/aromatic N) is 2. The molecule has 9 heteroatoms. The highest BCUT2D eigenvalue weighted by Gasteiger charge is 2.37. The summed E-state index contributed by atoms with van der Waals surface area (Å²) < 4.78 is 18.7. The molecule has 6 nitrogen and oxygen atoms in total. The van der Waals surface area contributed by atoms with Gasteiger partial charge >= 0.3 is 5.97 Å². The maximum atomic E-state index is 13.7. The predicted octanol–water partition coefficient (Wildman–Crippen LogP) is 4.21. The Hall–Kier alpha value is -2.58. The molecule has 1 unspecified atom stereocenters. The first-order chi connectivity index (χ1) is 14.5. The highest BCUT2D eigenvalue weighted by molar-refractivity contribution is 7.11. The molecule has 0 saturated heterocycles. The van der Waals surface area contributed by atoms with Crippen molar-refractivity contribution in [2.24, 2.45) is 10.9 Å². The zero-order valence-corrected chi connectivity index (χ0v) is 17.7. The molecule has 1 atom stereocenters. The van der Waals surface area contributed by atoms with Crippen molar-refractivity contribution in [3.63, 3.8) is 0 Å². The molecule has 2 heterocycles. The second kappa shape index (κ2) is 8.65. The first kappa shape index (κ1) is 20.7. The Morgan fingerprint density at radius 1 is 1.33 bits per heavy atom. The summed E-state index contributed by atoms with van der Waals surface area (Å²) in [5.41, 5.74) is 1.49. The van der Waals surface area contributed by atoms with Crippen molar-refractivity contribution in [3.05, 3.63) is 62.5 Å². The van der Waals surface area contributed by atoms with E-state index in [1.807, 2.05) is 5.38 Å². The number of carbonyl (C=O) groups excluding carboxylic acids is 2. The van der Waals surface area contributed by atoms with Crippen LogP contribution in [0.15, 0.2) is 46.0 Å². The molecule has 2 aromatic rings. The van der Waals surface area contributed by atoms with E-state index < -0.39 is 17.8 Å². The predicted molar refractivity (Wildman–Crippen MR) is 112 cm³/mol. The van der Waals surface area contributed by atoms with E-state index in [-0.39, 0.29) is 16.7 Å². The Kier molecular flexibility index (Phi) is 5.97. The summed E-state index contributed by atoms with van der Waals surface area (Å²) in [5, 5.41) is 5.94. The molecule has 1 aliphatic heterocycles. The Morgan fingerprint density at radius 3 is 2.73 bits per heavy atom. The van der Waals surface area contributed by atoms with E-state index in [9.17, 15) is 14.0 Å². The van der Waals surface area contributed by atoms with E-state index in [1.165, 1.54) is 36.6 Å². The van der Waals surface area contributed by atoms with Gasteiger partial charge in [-0.1, -0.05) is 17.7 Å². The van der Waals surface area contributed by atoms with Crippen molar-refractivity contribution < 1.29 is 18.7 Å². The standard InChI is InChI=1S/C21H19ClFN3O3S/c1-29-21(28)16-17(11-2-5-13(27)6-3-11)25-19(20-24-8-9-30-20)26-18(16)14-7-4-12(23)10-15(14)22/h4,7-11,18H,2-3,5-6H2,1H3,(H,25,26). The summed E-state index contributed by atoms with van der Waals surface area (Å²) in [5.74, 6) is -0.327. The highest BCUT2D eigenvalue weighted by atomic mass is 35.5. The molecule has 1 aromatic heterocycles. The lowest BCUT2D eigenvalue weighted by Crippen LogP contribution is -2.37. The molecule has 1 saturated carbocycles. The smallest absolute Gasteiger partial charge is 0.338 e. The largest absolute Gasteiger partial charge is 0.466 e. The van der Waals surface area contributed by atoms with Gasteiger partial charge in [-0.05, 0) is 25.0 Å². The second-order valence-corrected chi connectivity index (χ2v) is 8.44. The zero-order chi connectivity index (χ0) is 21.3. The van der Waals surface area contributed by atoms with Crippen LogP contribution < -0.4 is 5.32 Å². The minimum Gasteiger partial charge on any atom is -0.466 e. The molecule has 1 aliphatic carbocycles. The molecule has 0 radical (unpaired) electrons. The van der Waals surface area contributed by atoms with Gasteiger partial charge in [0.2, 0.25) is 0 Å². The van der Waals surface area contributed by atoms with Crippen molar-refractivity contribution in [3.8, 4) is 0 Å². The normalized spacial score (nSPS) is 20.0. The fraction of sp³-hybridized carbons (Fsp3) is 0.333. The fourth-order valence-electron chi connectivity index (χ4n) is 3.85. The number of hydrogen-bond donors (Lipinski definition) is 1. The number of allylic oxidation sites excluding steroid dienone is 1. The monoisotopic (exact) mass is 447 g/mol. The third-order valence-corrected chi connectivity index (χ3v) is 6.43. The lowest BCUT2D eigenvalue weighted by molar-refractivity contribution is -0.136. The molecule has 1 fully saturated rings. The Morgan fingerprint density at radius 2 is 2.10 bits per heavy atom. The number of nitrogens with one attached hydrogen (secondary N) is 1. The lowest BCUT2D eigenvalue weighted by Gasteiger charge is -2.32. The van der Waals surface area contributed by atoms with Crippen LogP contribution in [0.25, 0.3) is 0 Å². The van der Waals surface area contributed by atoms with Crippen molar-refractivity contribution in [1.82, 2.24) is 10.3 Å². The number of carbonyl (C=O) groups is 2. The number of aliphatic imine (C=N–C) groups is 1. The van der Waals surface area contributed by atoms with Crippen molar-refractivity contribution in [1.29, 1.82) is 0 Å². The third-order valence-electron chi connectivity index (χ3n) is 5.32. The average molecular weight is 448 g/mol. The minimum atomic E-state index is -0.779. The first-order valence-electron chi connectivity index (χ1n) is 9.51. The van der Waals surface area contributed by atoms with Crippen molar-refractivity contribution in [2.75, 3.05) is 7.11 Å². The minimum absolute atomic E-state index is 0.0380. The molecule has 1 N–H and O–H groups in total. The SMILES string of the molecule is COC(=O)C1=C(C2CCC(=O)CC2)NC(c2nccs2)=NC1c1ccc(F)cc1Cl. The van der Waals surface area contributed by atoms with Crippen LogP contribution in [-0.4, -0.2) is 29.7 Å². The van der Waals surface area contributed by atoms with E-state index in [2.05, 4.69) is 10.3 Å². The molecule has 0 bridgehead atoms. The number of thiazole rings is 1. The van der Waals surface area contributed by atoms with E-state index in [0.29, 0.717) is 53.4 Å². The number of esters is 1. The summed E-state index contributed by atoms with van der Waals surface area (Å²) in [4.78, 5) is 33.7. The van der Waals surface area contributed by atoms with Crippen molar-refractivity contribution >= 4 is 40.5 Å². The number of amidine groups is 1. The summed E-state index contributed by atoms with van der Waals surface area (Å²) in [6, 6.07) is 3.24. The number of methoxy groups -OCH3 is 1. The fourth-order valence-corrected chi connectivity index (χ4v) is 4.71. The van der Waals surface area contributed by atoms with Gasteiger partial charge in [0.05, 0.1) is 12.7 Å². The quantitative estimate of drug-likeness (QED) is 0.710. The van der Waals surface area contributed by atoms with Crippen LogP contribution in [-0.2, 0) is 14.3 Å². The zero-order valence-electron chi connectivity index (χ0n) is 16.2. The van der Waals surface area contributed by atoms with Crippen molar-refractivity contribution in [2.45, 2.75) is 31.7 Å². The van der Waals surface area contributed by atoms with Gasteiger partial charge in [0.15, 0.2) is 10.8 Å². The number of aromatic nitrogens is 1. The molecule has 156 valence electrons. The summed E-state index contributed by atoms with van der Waals surface area (Å²) in [6.07, 6.45) is 3.82. The number of hydrogen-bond acceptors (Lipinski definition) is 7. The molecule has 2 aliphatic rings. The number of Topliss-reactive ketones (excluding diaryl/α,β-unsaturated/α-hetero) is 1. The highest BCUT2D eigenvalue weighted by Crippen LogP contribution is 2.40. The first-order valence-corrected chi connectivity index (χ1v) is 10.8. The summed E-state index contributed by atoms with van der Waals surface area (Å²) in [7, 11) is 1.31. The topological polar surface area (TPSA) is 80.7 Å². The third kappa shape index (κ3) is 4.02. The Labute approximate surface area is 181 Å². The van der Waals surface area contributed by atoms with E-state index in [4.69, 9.17) is 21.3 Å². The van der Waals surface area contributed by atoms with Crippen LogP contribution in [0.5, 0.6) is 0 Å². The van der Waals surface area contributed by atoms with Gasteiger partial charge in [0.25, 0.3) is 0 Å². The number of ether oxygens (including phenoxy) is 1. The van der Waals surface area contributed by atoms with Crippen LogP contribution in [0.1, 0.15) is 42.3 Å². The van der Waals surface area contributed by atoms with Gasteiger partial charge in [-0.15, -0.1) is 11.3 Å². The van der Waals surface area contributed by atoms with E-state index >= 15 is 0 Å². The molecule has 30 heavy (non-hydrogen) atoms. The Bertz CT molecular complexity index is 1040. The van der Waals surface area contributed by atoms with Crippen LogP contribution in [0, 0.1) is 11.7 Å². The number of halogens is 2. The van der Waals surface area contributed by atoms with Gasteiger partial charge in [0.1, 0.15) is 17.6 Å². The van der Waals surface area contributed by atoms with Gasteiger partial charge in [-0.3, -0.25) is 9.79 Å². The maximum absolute atomic E-state index is 13.7. The molecule has 4 rings (SSSR count). The lowest BCUT2D eigenvalue weighted by atomic mass is 9.82. The molecule has 0 amide bonds. The molecular weight excluding hydrogens is 429 g/mol. The van der Waals surface area contributed by atoms with Crippen LogP contribution in [0.3, 0.4) is 0 Å². The van der Waals surface area contributed by atoms with E-state index in [0.717, 1.165) is 0 Å². The van der Waals surface area contributed by atoms with Crippen LogP contribution >= 0.6 is 22.9 Å². The number of rotatable bonds is 4. The molecule has 0 spiro atoms. The maximum Gasteiger partial charge on any atom is 0.338 e. The number of ketones is 1. The van der Waals surface area contributed by atoms with Gasteiger partial charge in [0, 0.05) is 46.6 Å². The van der Waals surface area contributed by atoms with Crippen LogP contribution in [0.4, 0.5) is 4.39 Å². The van der Waals surface area contributed by atoms with Crippen LogP contribution in [0.2, 0.25) is 5.02 Å². The average Bonchev–Trinajstić information content (AvgIpc) is 3.28. The Balaban J connectivity index is 1.87. The van der Waals surface area contributed by atoms with Gasteiger partial charge in [-0.25, -0.2) is 14.2 Å². The van der Waals surface area contributed by atoms with E-state index in [1.54, 1.807) is 6.20 Å². The summed E-state index contributed by atoms with van der Waals surface area (Å²) in [6.45, 7) is 0. The van der Waals surface area contributed by atoms with Gasteiger partial charge < -0.3 is 10.1 Å². The molecular formula is C21H19ClFN3O3S. The second-order valence-electron chi connectivity index (χ2n) is 7.14. The number of benzene rings is 1. The van der Waals surface area contributed by atoms with Gasteiger partial charge in [-0.2, -0.15) is 0 Å². The molecule has 1 aromatic carbocycles. The summed E-state index contributed by atoms with van der Waals surface area (Å²) >= 11 is 7.75.